The molecule has 0 fully saturated rings. The van der Waals surface area contributed by atoms with E-state index in [4.69, 9.17) is 4.74 Å². The fraction of sp³-hybridized carbons (Fsp3) is 0.692. The second-order valence-corrected chi connectivity index (χ2v) is 4.56. The standard InChI is InChI=1S/C13H24N4O/c1-6-14-12-10(3)13(17-11(4)16-12)15-7-9(2)8-18-5/h9H,6-8H2,1-5H3,(H2,14,15,16,17). The largest absolute Gasteiger partial charge is 0.384 e. The quantitative estimate of drug-likeness (QED) is 0.779. The van der Waals surface area contributed by atoms with Gasteiger partial charge in [0, 0.05) is 25.8 Å². The third-order valence-corrected chi connectivity index (χ3v) is 2.67. The SMILES string of the molecule is CCNc1nc(C)nc(NCC(C)COC)c1C. The Morgan fingerprint density at radius 1 is 1.17 bits per heavy atom. The predicted octanol–water partition coefficient (Wildman–Crippen LogP) is 2.22. The fourth-order valence-corrected chi connectivity index (χ4v) is 1.75. The van der Waals surface area contributed by atoms with Gasteiger partial charge in [-0.1, -0.05) is 6.92 Å². The smallest absolute Gasteiger partial charge is 0.134 e. The van der Waals surface area contributed by atoms with E-state index in [-0.39, 0.29) is 0 Å². The van der Waals surface area contributed by atoms with Crippen LogP contribution in [0.15, 0.2) is 0 Å². The van der Waals surface area contributed by atoms with Gasteiger partial charge in [0.25, 0.3) is 0 Å². The summed E-state index contributed by atoms with van der Waals surface area (Å²) in [5, 5.41) is 6.62. The number of nitrogens with one attached hydrogen (secondary N) is 2. The maximum Gasteiger partial charge on any atom is 0.134 e. The molecule has 1 atom stereocenters. The van der Waals surface area contributed by atoms with Crippen LogP contribution in [-0.4, -0.2) is 36.8 Å². The van der Waals surface area contributed by atoms with Crippen molar-refractivity contribution >= 4 is 11.6 Å². The van der Waals surface area contributed by atoms with Crippen LogP contribution in [0.1, 0.15) is 25.2 Å². The van der Waals surface area contributed by atoms with Crippen LogP contribution in [0.5, 0.6) is 0 Å². The van der Waals surface area contributed by atoms with E-state index < -0.39 is 0 Å². The number of hydrogen-bond acceptors (Lipinski definition) is 5. The minimum atomic E-state index is 0.451. The molecule has 0 aliphatic rings. The van der Waals surface area contributed by atoms with Crippen molar-refractivity contribution in [3.05, 3.63) is 11.4 Å². The second kappa shape index (κ2) is 7.16. The van der Waals surface area contributed by atoms with Crippen molar-refractivity contribution in [1.82, 2.24) is 9.97 Å². The van der Waals surface area contributed by atoms with E-state index in [9.17, 15) is 0 Å². The number of anilines is 2. The maximum atomic E-state index is 5.12. The van der Waals surface area contributed by atoms with E-state index in [1.807, 2.05) is 13.8 Å². The Hall–Kier alpha value is -1.36. The molecule has 0 radical (unpaired) electrons. The van der Waals surface area contributed by atoms with E-state index in [0.717, 1.165) is 42.7 Å². The first kappa shape index (κ1) is 14.7. The normalized spacial score (nSPS) is 12.3. The van der Waals surface area contributed by atoms with Gasteiger partial charge in [0.2, 0.25) is 0 Å². The van der Waals surface area contributed by atoms with Crippen molar-refractivity contribution in [3.63, 3.8) is 0 Å². The Balaban J connectivity index is 2.75. The minimum absolute atomic E-state index is 0.451. The third-order valence-electron chi connectivity index (χ3n) is 2.67. The molecule has 0 saturated heterocycles. The van der Waals surface area contributed by atoms with Gasteiger partial charge in [-0.2, -0.15) is 0 Å². The molecule has 0 aliphatic heterocycles. The summed E-state index contributed by atoms with van der Waals surface area (Å²) in [5.41, 5.74) is 1.06. The molecule has 5 nitrogen and oxygen atoms in total. The molecule has 5 heteroatoms. The lowest BCUT2D eigenvalue weighted by Gasteiger charge is -2.16. The number of ether oxygens (including phenoxy) is 1. The molecule has 1 aromatic rings. The van der Waals surface area contributed by atoms with Gasteiger partial charge >= 0.3 is 0 Å². The molecule has 0 aromatic carbocycles. The number of hydrogen-bond donors (Lipinski definition) is 2. The highest BCUT2D eigenvalue weighted by atomic mass is 16.5. The molecule has 0 saturated carbocycles. The number of aryl methyl sites for hydroxylation is 1. The molecule has 102 valence electrons. The Morgan fingerprint density at radius 3 is 2.33 bits per heavy atom. The van der Waals surface area contributed by atoms with Gasteiger partial charge in [-0.15, -0.1) is 0 Å². The minimum Gasteiger partial charge on any atom is -0.384 e. The molecular formula is C13H24N4O. The Kier molecular flexibility index (Phi) is 5.85. The lowest BCUT2D eigenvalue weighted by Crippen LogP contribution is -2.18. The first-order valence-corrected chi connectivity index (χ1v) is 6.40. The summed E-state index contributed by atoms with van der Waals surface area (Å²) < 4.78 is 5.12. The van der Waals surface area contributed by atoms with Crippen LogP contribution >= 0.6 is 0 Å². The molecule has 1 unspecified atom stereocenters. The Bertz CT molecular complexity index is 381. The third kappa shape index (κ3) is 4.14. The van der Waals surface area contributed by atoms with Crippen LogP contribution in [0.25, 0.3) is 0 Å². The molecular weight excluding hydrogens is 228 g/mol. The number of rotatable bonds is 7. The molecule has 0 bridgehead atoms. The van der Waals surface area contributed by atoms with E-state index in [2.05, 4.69) is 34.4 Å². The zero-order valence-corrected chi connectivity index (χ0v) is 12.0. The molecule has 0 spiro atoms. The molecule has 0 amide bonds. The van der Waals surface area contributed by atoms with Crippen LogP contribution in [-0.2, 0) is 4.74 Å². The van der Waals surface area contributed by atoms with Crippen molar-refractivity contribution in [2.24, 2.45) is 5.92 Å². The van der Waals surface area contributed by atoms with E-state index in [1.165, 1.54) is 0 Å². The summed E-state index contributed by atoms with van der Waals surface area (Å²) in [6.07, 6.45) is 0. The van der Waals surface area contributed by atoms with Crippen LogP contribution in [0.3, 0.4) is 0 Å². The van der Waals surface area contributed by atoms with Crippen LogP contribution in [0.4, 0.5) is 11.6 Å². The number of methoxy groups -OCH3 is 1. The van der Waals surface area contributed by atoms with Crippen molar-refractivity contribution < 1.29 is 4.74 Å². The summed E-state index contributed by atoms with van der Waals surface area (Å²) in [7, 11) is 1.72. The highest BCUT2D eigenvalue weighted by molar-refractivity contribution is 5.57. The second-order valence-electron chi connectivity index (χ2n) is 4.56. The summed E-state index contributed by atoms with van der Waals surface area (Å²) >= 11 is 0. The Morgan fingerprint density at radius 2 is 1.78 bits per heavy atom. The highest BCUT2D eigenvalue weighted by Crippen LogP contribution is 2.19. The van der Waals surface area contributed by atoms with Crippen LogP contribution in [0.2, 0.25) is 0 Å². The summed E-state index contributed by atoms with van der Waals surface area (Å²) in [6.45, 7) is 10.6. The van der Waals surface area contributed by atoms with Crippen molar-refractivity contribution in [2.45, 2.75) is 27.7 Å². The van der Waals surface area contributed by atoms with Crippen LogP contribution < -0.4 is 10.6 Å². The van der Waals surface area contributed by atoms with Crippen molar-refractivity contribution in [2.75, 3.05) is 37.4 Å². The zero-order chi connectivity index (χ0) is 13.5. The number of aromatic nitrogens is 2. The molecule has 1 heterocycles. The van der Waals surface area contributed by atoms with Gasteiger partial charge < -0.3 is 15.4 Å². The predicted molar refractivity (Wildman–Crippen MR) is 75.2 cm³/mol. The average molecular weight is 252 g/mol. The van der Waals surface area contributed by atoms with Gasteiger partial charge in [0.15, 0.2) is 0 Å². The summed E-state index contributed by atoms with van der Waals surface area (Å²) in [5.74, 6) is 3.04. The fourth-order valence-electron chi connectivity index (χ4n) is 1.75. The lowest BCUT2D eigenvalue weighted by molar-refractivity contribution is 0.164. The van der Waals surface area contributed by atoms with E-state index >= 15 is 0 Å². The Labute approximate surface area is 109 Å². The highest BCUT2D eigenvalue weighted by Gasteiger charge is 2.09. The first-order chi connectivity index (χ1) is 8.58. The summed E-state index contributed by atoms with van der Waals surface area (Å²) in [6, 6.07) is 0. The zero-order valence-electron chi connectivity index (χ0n) is 12.0. The van der Waals surface area contributed by atoms with E-state index in [0.29, 0.717) is 5.92 Å². The average Bonchev–Trinajstić information content (AvgIpc) is 2.32. The maximum absolute atomic E-state index is 5.12. The lowest BCUT2D eigenvalue weighted by atomic mass is 10.2. The molecule has 1 rings (SSSR count). The first-order valence-electron chi connectivity index (χ1n) is 6.40. The molecule has 2 N–H and O–H groups in total. The molecule has 1 aromatic heterocycles. The monoisotopic (exact) mass is 252 g/mol. The van der Waals surface area contributed by atoms with E-state index in [1.54, 1.807) is 7.11 Å². The molecule has 18 heavy (non-hydrogen) atoms. The van der Waals surface area contributed by atoms with Gasteiger partial charge in [-0.25, -0.2) is 9.97 Å². The molecule has 0 aliphatic carbocycles. The number of nitrogens with zero attached hydrogens (tertiary/aromatic N) is 2. The van der Waals surface area contributed by atoms with Crippen LogP contribution in [0, 0.1) is 19.8 Å². The topological polar surface area (TPSA) is 59.1 Å². The van der Waals surface area contributed by atoms with Gasteiger partial charge in [0.1, 0.15) is 17.5 Å². The van der Waals surface area contributed by atoms with Gasteiger partial charge in [-0.05, 0) is 26.7 Å². The van der Waals surface area contributed by atoms with Crippen molar-refractivity contribution in [1.29, 1.82) is 0 Å². The van der Waals surface area contributed by atoms with Gasteiger partial charge in [0.05, 0.1) is 6.61 Å². The van der Waals surface area contributed by atoms with Gasteiger partial charge in [-0.3, -0.25) is 0 Å². The van der Waals surface area contributed by atoms with Crippen molar-refractivity contribution in [3.8, 4) is 0 Å². The summed E-state index contributed by atoms with van der Waals surface area (Å²) in [4.78, 5) is 8.84.